The van der Waals surface area contributed by atoms with E-state index in [0.717, 1.165) is 5.69 Å². The van der Waals surface area contributed by atoms with Crippen LogP contribution in [0.15, 0.2) is 66.9 Å². The molecule has 1 aromatic heterocycles. The van der Waals surface area contributed by atoms with Gasteiger partial charge in [0.1, 0.15) is 0 Å². The Balaban J connectivity index is 1.91. The summed E-state index contributed by atoms with van der Waals surface area (Å²) in [6.07, 6.45) is 2.04. The Kier molecular flexibility index (Phi) is 2.82. The minimum Gasteiger partial charge on any atom is -0.255 e. The average molecular weight is 361 g/mol. The third-order valence-electron chi connectivity index (χ3n) is 7.08. The van der Waals surface area contributed by atoms with Gasteiger partial charge in [-0.05, 0) is 38.8 Å². The van der Waals surface area contributed by atoms with Crippen molar-refractivity contribution in [2.75, 3.05) is 0 Å². The molecule has 0 spiro atoms. The standard InChI is InChI=1S/C27H23N/c1-26(2)19-12-7-11-18-22(19)23-20(26)13-8-14-21(23)27(3,4)24-17-10-6-5-9-16(17)15-28-25(18)24/h5-15H,1-4H3. The van der Waals surface area contributed by atoms with Crippen LogP contribution in [0.2, 0.25) is 0 Å². The van der Waals surface area contributed by atoms with Gasteiger partial charge in [0.05, 0.1) is 5.69 Å². The van der Waals surface area contributed by atoms with Gasteiger partial charge in [0.15, 0.2) is 0 Å². The van der Waals surface area contributed by atoms with Crippen molar-refractivity contribution < 1.29 is 0 Å². The van der Waals surface area contributed by atoms with Crippen LogP contribution in [0.3, 0.4) is 0 Å². The molecule has 0 saturated heterocycles. The van der Waals surface area contributed by atoms with Crippen molar-refractivity contribution in [3.63, 3.8) is 0 Å². The zero-order valence-electron chi connectivity index (χ0n) is 16.8. The first-order valence-electron chi connectivity index (χ1n) is 10.1. The molecule has 0 saturated carbocycles. The molecule has 0 unspecified atom stereocenters. The Morgan fingerprint density at radius 3 is 2.07 bits per heavy atom. The minimum atomic E-state index is -0.134. The second-order valence-electron chi connectivity index (χ2n) is 9.28. The maximum Gasteiger partial charge on any atom is 0.0755 e. The highest BCUT2D eigenvalue weighted by Gasteiger charge is 2.44. The Morgan fingerprint density at radius 1 is 0.643 bits per heavy atom. The van der Waals surface area contributed by atoms with Crippen molar-refractivity contribution in [1.29, 1.82) is 0 Å². The summed E-state index contributed by atoms with van der Waals surface area (Å²) >= 11 is 0. The molecule has 6 rings (SSSR count). The number of hydrogen-bond donors (Lipinski definition) is 0. The topological polar surface area (TPSA) is 12.9 Å². The van der Waals surface area contributed by atoms with E-state index in [4.69, 9.17) is 4.98 Å². The molecule has 0 radical (unpaired) electrons. The van der Waals surface area contributed by atoms with Gasteiger partial charge < -0.3 is 0 Å². The monoisotopic (exact) mass is 361 g/mol. The predicted octanol–water partition coefficient (Wildman–Crippen LogP) is 6.85. The zero-order valence-corrected chi connectivity index (χ0v) is 16.8. The highest BCUT2D eigenvalue weighted by atomic mass is 14.7. The van der Waals surface area contributed by atoms with Gasteiger partial charge in [-0.25, -0.2) is 0 Å². The maximum absolute atomic E-state index is 5.04. The van der Waals surface area contributed by atoms with Gasteiger partial charge in [0.2, 0.25) is 0 Å². The third kappa shape index (κ3) is 1.71. The molecule has 0 bridgehead atoms. The minimum absolute atomic E-state index is 0.0150. The number of pyridine rings is 1. The Morgan fingerprint density at radius 2 is 1.29 bits per heavy atom. The van der Waals surface area contributed by atoms with Gasteiger partial charge >= 0.3 is 0 Å². The molecular weight excluding hydrogens is 338 g/mol. The first kappa shape index (κ1) is 16.1. The number of fused-ring (bicyclic) bond motifs is 4. The van der Waals surface area contributed by atoms with Crippen LogP contribution < -0.4 is 0 Å². The van der Waals surface area contributed by atoms with E-state index in [0.29, 0.717) is 0 Å². The van der Waals surface area contributed by atoms with Gasteiger partial charge in [-0.2, -0.15) is 0 Å². The fourth-order valence-corrected chi connectivity index (χ4v) is 5.68. The average Bonchev–Trinajstić information content (AvgIpc) is 2.89. The summed E-state index contributed by atoms with van der Waals surface area (Å²) in [4.78, 5) is 5.04. The second kappa shape index (κ2) is 4.91. The van der Waals surface area contributed by atoms with Crippen molar-refractivity contribution in [3.05, 3.63) is 89.1 Å². The summed E-state index contributed by atoms with van der Waals surface area (Å²) in [6.45, 7) is 9.45. The van der Waals surface area contributed by atoms with Gasteiger partial charge in [-0.3, -0.25) is 4.98 Å². The smallest absolute Gasteiger partial charge is 0.0755 e. The van der Waals surface area contributed by atoms with Gasteiger partial charge in [0.25, 0.3) is 0 Å². The van der Waals surface area contributed by atoms with E-state index in [1.807, 2.05) is 6.20 Å². The molecule has 3 aromatic carbocycles. The van der Waals surface area contributed by atoms with E-state index in [1.54, 1.807) is 0 Å². The number of benzene rings is 3. The molecule has 2 aliphatic carbocycles. The summed E-state index contributed by atoms with van der Waals surface area (Å²) in [5, 5.41) is 2.52. The summed E-state index contributed by atoms with van der Waals surface area (Å²) in [6, 6.07) is 22.4. The lowest BCUT2D eigenvalue weighted by Gasteiger charge is -2.31. The molecule has 0 N–H and O–H groups in total. The van der Waals surface area contributed by atoms with E-state index >= 15 is 0 Å². The quantitative estimate of drug-likeness (QED) is 0.334. The summed E-state index contributed by atoms with van der Waals surface area (Å²) in [7, 11) is 0. The lowest BCUT2D eigenvalue weighted by atomic mass is 9.73. The highest BCUT2D eigenvalue weighted by Crippen LogP contribution is 2.58. The van der Waals surface area contributed by atoms with Crippen LogP contribution in [-0.2, 0) is 10.8 Å². The molecule has 4 aromatic rings. The molecule has 0 amide bonds. The Labute approximate surface area is 166 Å². The first-order chi connectivity index (χ1) is 13.4. The molecule has 2 aliphatic rings. The normalized spacial score (nSPS) is 17.1. The molecular formula is C27H23N. The van der Waals surface area contributed by atoms with Gasteiger partial charge in [0, 0.05) is 28.0 Å². The second-order valence-corrected chi connectivity index (χ2v) is 9.28. The fourth-order valence-electron chi connectivity index (χ4n) is 5.68. The molecule has 28 heavy (non-hydrogen) atoms. The summed E-state index contributed by atoms with van der Waals surface area (Å²) in [5.41, 5.74) is 10.8. The van der Waals surface area contributed by atoms with Crippen molar-refractivity contribution in [2.24, 2.45) is 0 Å². The van der Waals surface area contributed by atoms with Crippen molar-refractivity contribution in [2.45, 2.75) is 38.5 Å². The van der Waals surface area contributed by atoms with Crippen LogP contribution in [0.25, 0.3) is 33.2 Å². The van der Waals surface area contributed by atoms with Crippen LogP contribution in [0.1, 0.15) is 49.9 Å². The maximum atomic E-state index is 5.04. The van der Waals surface area contributed by atoms with Gasteiger partial charge in [-0.15, -0.1) is 0 Å². The molecule has 1 heterocycles. The predicted molar refractivity (Wildman–Crippen MR) is 117 cm³/mol. The van der Waals surface area contributed by atoms with E-state index in [1.165, 1.54) is 49.7 Å². The summed E-state index contributed by atoms with van der Waals surface area (Å²) in [5.74, 6) is 0. The van der Waals surface area contributed by atoms with Crippen LogP contribution in [0.4, 0.5) is 0 Å². The largest absolute Gasteiger partial charge is 0.255 e. The Bertz CT molecular complexity index is 1310. The van der Waals surface area contributed by atoms with Crippen molar-refractivity contribution in [3.8, 4) is 22.4 Å². The molecule has 0 fully saturated rings. The third-order valence-corrected chi connectivity index (χ3v) is 7.08. The molecule has 1 heteroatoms. The number of aromatic nitrogens is 1. The number of rotatable bonds is 0. The lowest BCUT2D eigenvalue weighted by molar-refractivity contribution is 0.637. The number of hydrogen-bond acceptors (Lipinski definition) is 1. The van der Waals surface area contributed by atoms with Crippen molar-refractivity contribution in [1.82, 2.24) is 4.98 Å². The zero-order chi connectivity index (χ0) is 19.3. The van der Waals surface area contributed by atoms with Crippen LogP contribution in [0.5, 0.6) is 0 Å². The number of nitrogens with zero attached hydrogens (tertiary/aromatic N) is 1. The van der Waals surface area contributed by atoms with Crippen LogP contribution in [-0.4, -0.2) is 4.98 Å². The fraction of sp³-hybridized carbons (Fsp3) is 0.222. The lowest BCUT2D eigenvalue weighted by Crippen LogP contribution is -2.22. The van der Waals surface area contributed by atoms with Crippen LogP contribution in [0, 0.1) is 0 Å². The first-order valence-corrected chi connectivity index (χ1v) is 10.1. The van der Waals surface area contributed by atoms with Crippen LogP contribution >= 0.6 is 0 Å². The molecule has 136 valence electrons. The molecule has 0 atom stereocenters. The molecule has 0 aliphatic heterocycles. The Hall–Kier alpha value is -2.93. The highest BCUT2D eigenvalue weighted by molar-refractivity contribution is 6.01. The SMILES string of the molecule is CC1(C)c2cccc3c2-c2c1cccc2C(C)(C)c1c-3ncc2ccccc12. The summed E-state index contributed by atoms with van der Waals surface area (Å²) < 4.78 is 0. The van der Waals surface area contributed by atoms with Crippen molar-refractivity contribution >= 4 is 10.8 Å². The van der Waals surface area contributed by atoms with E-state index in [2.05, 4.69) is 88.4 Å². The van der Waals surface area contributed by atoms with E-state index < -0.39 is 0 Å². The molecule has 1 nitrogen and oxygen atoms in total. The van der Waals surface area contributed by atoms with E-state index in [9.17, 15) is 0 Å². The van der Waals surface area contributed by atoms with E-state index in [-0.39, 0.29) is 10.8 Å². The van der Waals surface area contributed by atoms with Gasteiger partial charge in [-0.1, -0.05) is 88.4 Å².